The Labute approximate surface area is 218 Å². The predicted octanol–water partition coefficient (Wildman–Crippen LogP) is 6.82. The monoisotopic (exact) mass is 539 g/mol. The molecule has 4 aromatic rings. The van der Waals surface area contributed by atoms with Gasteiger partial charge in [-0.25, -0.2) is 0 Å². The fourth-order valence-corrected chi connectivity index (χ4v) is 4.70. The summed E-state index contributed by atoms with van der Waals surface area (Å²) in [7, 11) is -4.52. The maximum absolute atomic E-state index is 13.1. The van der Waals surface area contributed by atoms with E-state index in [4.69, 9.17) is 16.3 Å². The number of azo groups is 1. The second-order valence-electron chi connectivity index (χ2n) is 8.00. The Hall–Kier alpha value is -3.99. The van der Waals surface area contributed by atoms with E-state index >= 15 is 0 Å². The lowest BCUT2D eigenvalue weighted by Crippen LogP contribution is -2.12. The van der Waals surface area contributed by atoms with E-state index in [0.29, 0.717) is 28.8 Å². The zero-order valence-corrected chi connectivity index (χ0v) is 21.3. The van der Waals surface area contributed by atoms with Crippen LogP contribution in [-0.4, -0.2) is 30.6 Å². The number of nitrogens with one attached hydrogen (secondary N) is 1. The second-order valence-corrected chi connectivity index (χ2v) is 9.80. The van der Waals surface area contributed by atoms with Crippen LogP contribution in [0.2, 0.25) is 5.02 Å². The molecule has 11 heteroatoms. The van der Waals surface area contributed by atoms with E-state index in [2.05, 4.69) is 15.5 Å². The minimum Gasteiger partial charge on any atom is -0.505 e. The topological polar surface area (TPSA) is 138 Å². The molecule has 0 aromatic heterocycles. The number of nitrogens with zero attached hydrogens (tertiary/aromatic N) is 2. The number of hydrogen-bond acceptors (Lipinski definition) is 7. The fraction of sp³-hybridized carbons (Fsp3) is 0.115. The van der Waals surface area contributed by atoms with Crippen molar-refractivity contribution in [2.75, 3.05) is 11.9 Å². The molecule has 190 valence electrons. The molecular weight excluding hydrogens is 518 g/mol. The zero-order valence-electron chi connectivity index (χ0n) is 19.8. The summed E-state index contributed by atoms with van der Waals surface area (Å²) in [5.74, 6) is -0.439. The first-order valence-corrected chi connectivity index (χ1v) is 12.9. The van der Waals surface area contributed by atoms with E-state index in [1.807, 2.05) is 6.92 Å². The maximum Gasteiger partial charge on any atom is 0.294 e. The Morgan fingerprint density at radius 2 is 1.81 bits per heavy atom. The molecule has 0 atom stereocenters. The number of rotatable bonds is 7. The molecule has 0 saturated heterocycles. The summed E-state index contributed by atoms with van der Waals surface area (Å²) < 4.78 is 38.3. The summed E-state index contributed by atoms with van der Waals surface area (Å²) in [4.78, 5) is 12.7. The lowest BCUT2D eigenvalue weighted by atomic mass is 10.0. The molecule has 0 radical (unpaired) electrons. The summed E-state index contributed by atoms with van der Waals surface area (Å²) in [6, 6.07) is 17.7. The van der Waals surface area contributed by atoms with Gasteiger partial charge in [-0.2, -0.15) is 8.42 Å². The summed E-state index contributed by atoms with van der Waals surface area (Å²) in [6.07, 6.45) is 0. The van der Waals surface area contributed by atoms with Crippen LogP contribution in [0.25, 0.3) is 10.8 Å². The number of carbonyl (C=O) groups is 1. The first kappa shape index (κ1) is 26.1. The lowest BCUT2D eigenvalue weighted by molar-refractivity contribution is 0.102. The Morgan fingerprint density at radius 3 is 2.54 bits per heavy atom. The Kier molecular flexibility index (Phi) is 7.44. The fourth-order valence-electron chi connectivity index (χ4n) is 3.72. The van der Waals surface area contributed by atoms with Crippen molar-refractivity contribution >= 4 is 55.5 Å². The van der Waals surface area contributed by atoms with E-state index < -0.39 is 21.8 Å². The van der Waals surface area contributed by atoms with E-state index in [0.717, 1.165) is 6.07 Å². The summed E-state index contributed by atoms with van der Waals surface area (Å²) in [5, 5.41) is 23.1. The van der Waals surface area contributed by atoms with Gasteiger partial charge in [0.25, 0.3) is 16.0 Å². The first-order chi connectivity index (χ1) is 17.6. The van der Waals surface area contributed by atoms with Gasteiger partial charge in [0, 0.05) is 17.1 Å². The molecule has 0 unspecified atom stereocenters. The van der Waals surface area contributed by atoms with Crippen LogP contribution < -0.4 is 10.1 Å². The van der Waals surface area contributed by atoms with Gasteiger partial charge >= 0.3 is 0 Å². The molecule has 0 aliphatic carbocycles. The molecule has 1 amide bonds. The molecule has 0 fully saturated rings. The number of halogens is 1. The zero-order chi connectivity index (χ0) is 26.7. The van der Waals surface area contributed by atoms with Crippen LogP contribution in [0.1, 0.15) is 22.8 Å². The van der Waals surface area contributed by atoms with Gasteiger partial charge < -0.3 is 15.2 Å². The molecule has 4 aromatic carbocycles. The third kappa shape index (κ3) is 5.72. The number of hydrogen-bond donors (Lipinski definition) is 3. The SMILES string of the molecule is CCOc1cccc(NC(=O)c2cc3ccccc3c(N=Nc3cc(S(=O)(=O)O)c(C)cc3Cl)c2O)c1. The summed E-state index contributed by atoms with van der Waals surface area (Å²) >= 11 is 6.22. The number of phenolic OH excluding ortho intramolecular Hbond substituents is 1. The van der Waals surface area contributed by atoms with E-state index in [1.54, 1.807) is 48.5 Å². The highest BCUT2D eigenvalue weighted by atomic mass is 35.5. The van der Waals surface area contributed by atoms with E-state index in [1.165, 1.54) is 19.1 Å². The number of benzene rings is 4. The van der Waals surface area contributed by atoms with Gasteiger partial charge in [0.1, 0.15) is 17.1 Å². The molecule has 0 saturated carbocycles. The number of ether oxygens (including phenoxy) is 1. The molecule has 0 spiro atoms. The molecule has 3 N–H and O–H groups in total. The van der Waals surface area contributed by atoms with Crippen LogP contribution >= 0.6 is 11.6 Å². The Morgan fingerprint density at radius 1 is 1.05 bits per heavy atom. The molecular formula is C26H22ClN3O6S. The summed E-state index contributed by atoms with van der Waals surface area (Å²) in [6.45, 7) is 3.79. The molecule has 37 heavy (non-hydrogen) atoms. The predicted molar refractivity (Wildman–Crippen MR) is 141 cm³/mol. The first-order valence-electron chi connectivity index (χ1n) is 11.1. The number of anilines is 1. The molecule has 4 rings (SSSR count). The van der Waals surface area contributed by atoms with Gasteiger partial charge in [0.05, 0.1) is 22.1 Å². The van der Waals surface area contributed by atoms with Gasteiger partial charge in [-0.05, 0) is 55.1 Å². The van der Waals surface area contributed by atoms with Gasteiger partial charge in [-0.1, -0.05) is 41.9 Å². The number of phenols is 1. The molecule has 0 aliphatic heterocycles. The van der Waals surface area contributed by atoms with Gasteiger partial charge in [-0.15, -0.1) is 10.2 Å². The van der Waals surface area contributed by atoms with Crippen molar-refractivity contribution in [2.45, 2.75) is 18.7 Å². The molecule has 9 nitrogen and oxygen atoms in total. The van der Waals surface area contributed by atoms with Crippen molar-refractivity contribution in [1.29, 1.82) is 0 Å². The maximum atomic E-state index is 13.1. The number of aromatic hydroxyl groups is 1. The lowest BCUT2D eigenvalue weighted by Gasteiger charge is -2.12. The Balaban J connectivity index is 1.78. The number of aryl methyl sites for hydroxylation is 1. The largest absolute Gasteiger partial charge is 0.505 e. The number of amides is 1. The van der Waals surface area contributed by atoms with Crippen LogP contribution in [0.5, 0.6) is 11.5 Å². The van der Waals surface area contributed by atoms with Crippen LogP contribution in [0.4, 0.5) is 17.1 Å². The number of carbonyl (C=O) groups excluding carboxylic acids is 1. The molecule has 0 bridgehead atoms. The minimum atomic E-state index is -4.52. The average molecular weight is 540 g/mol. The number of fused-ring (bicyclic) bond motifs is 1. The highest BCUT2D eigenvalue weighted by Crippen LogP contribution is 2.40. The highest BCUT2D eigenvalue weighted by molar-refractivity contribution is 7.85. The molecule has 0 aliphatic rings. The minimum absolute atomic E-state index is 0.0173. The Bertz CT molecular complexity index is 1650. The van der Waals surface area contributed by atoms with Crippen molar-refractivity contribution < 1.29 is 27.6 Å². The van der Waals surface area contributed by atoms with Gasteiger partial charge in [0.2, 0.25) is 0 Å². The van der Waals surface area contributed by atoms with E-state index in [-0.39, 0.29) is 32.4 Å². The third-order valence-corrected chi connectivity index (χ3v) is 6.72. The average Bonchev–Trinajstić information content (AvgIpc) is 2.83. The van der Waals surface area contributed by atoms with Crippen LogP contribution in [0.15, 0.2) is 81.9 Å². The highest BCUT2D eigenvalue weighted by Gasteiger charge is 2.20. The standard InChI is InChI=1S/C26H22ClN3O6S/c1-3-36-18-9-6-8-17(13-18)28-26(32)20-12-16-7-4-5-10-19(16)24(25(20)31)30-29-22-14-23(37(33,34)35)15(2)11-21(22)27/h4-14,31H,3H2,1-2H3,(H,28,32)(H,33,34,35). The van der Waals surface area contributed by atoms with Crippen molar-refractivity contribution in [2.24, 2.45) is 10.2 Å². The smallest absolute Gasteiger partial charge is 0.294 e. The van der Waals surface area contributed by atoms with Crippen LogP contribution in [0, 0.1) is 6.92 Å². The van der Waals surface area contributed by atoms with Crippen molar-refractivity contribution in [3.05, 3.63) is 82.9 Å². The van der Waals surface area contributed by atoms with Crippen molar-refractivity contribution in [1.82, 2.24) is 0 Å². The van der Waals surface area contributed by atoms with Gasteiger partial charge in [0.15, 0.2) is 5.75 Å². The van der Waals surface area contributed by atoms with Gasteiger partial charge in [-0.3, -0.25) is 9.35 Å². The second kappa shape index (κ2) is 10.6. The van der Waals surface area contributed by atoms with Crippen molar-refractivity contribution in [3.63, 3.8) is 0 Å². The normalized spacial score (nSPS) is 11.7. The third-order valence-electron chi connectivity index (χ3n) is 5.42. The quantitative estimate of drug-likeness (QED) is 0.174. The van der Waals surface area contributed by atoms with Crippen LogP contribution in [0.3, 0.4) is 0 Å². The van der Waals surface area contributed by atoms with Crippen LogP contribution in [-0.2, 0) is 10.1 Å². The summed E-state index contributed by atoms with van der Waals surface area (Å²) in [5.41, 5.74) is 0.577. The van der Waals surface area contributed by atoms with E-state index in [9.17, 15) is 22.9 Å². The molecule has 0 heterocycles. The van der Waals surface area contributed by atoms with Crippen molar-refractivity contribution in [3.8, 4) is 11.5 Å².